The summed E-state index contributed by atoms with van der Waals surface area (Å²) in [5.41, 5.74) is 7.57. The number of primary amides is 1. The SMILES string of the molecule is NC(=O)c1ccc(NC(=O)C(=O)Nc2ccc(N3CCCCC3)cc2)cc1. The largest absolute Gasteiger partial charge is 0.372 e. The topological polar surface area (TPSA) is 105 Å². The molecule has 4 N–H and O–H groups in total. The summed E-state index contributed by atoms with van der Waals surface area (Å²) in [4.78, 5) is 37.5. The molecule has 1 aliphatic rings. The first-order valence-electron chi connectivity index (χ1n) is 8.90. The van der Waals surface area contributed by atoms with Crippen LogP contribution in [-0.4, -0.2) is 30.8 Å². The lowest BCUT2D eigenvalue weighted by molar-refractivity contribution is -0.132. The van der Waals surface area contributed by atoms with E-state index < -0.39 is 17.7 Å². The molecule has 27 heavy (non-hydrogen) atoms. The molecule has 140 valence electrons. The second-order valence-electron chi connectivity index (χ2n) is 6.44. The summed E-state index contributed by atoms with van der Waals surface area (Å²) in [5, 5.41) is 5.06. The predicted molar refractivity (Wildman–Crippen MR) is 105 cm³/mol. The zero-order valence-corrected chi connectivity index (χ0v) is 14.9. The van der Waals surface area contributed by atoms with Gasteiger partial charge in [0.25, 0.3) is 0 Å². The van der Waals surface area contributed by atoms with Crippen LogP contribution in [0.5, 0.6) is 0 Å². The molecule has 2 aromatic carbocycles. The van der Waals surface area contributed by atoms with E-state index in [2.05, 4.69) is 15.5 Å². The lowest BCUT2D eigenvalue weighted by Gasteiger charge is -2.28. The molecule has 1 aliphatic heterocycles. The maximum Gasteiger partial charge on any atom is 0.314 e. The number of hydrogen-bond acceptors (Lipinski definition) is 4. The van der Waals surface area contributed by atoms with Gasteiger partial charge in [-0.2, -0.15) is 0 Å². The average Bonchev–Trinajstić information content (AvgIpc) is 2.69. The Morgan fingerprint density at radius 1 is 0.741 bits per heavy atom. The van der Waals surface area contributed by atoms with Gasteiger partial charge in [0.05, 0.1) is 0 Å². The molecule has 2 aromatic rings. The number of nitrogens with zero attached hydrogens (tertiary/aromatic N) is 1. The van der Waals surface area contributed by atoms with Crippen molar-refractivity contribution in [3.63, 3.8) is 0 Å². The van der Waals surface area contributed by atoms with Crippen molar-refractivity contribution in [1.29, 1.82) is 0 Å². The molecule has 0 spiro atoms. The van der Waals surface area contributed by atoms with Gasteiger partial charge in [-0.3, -0.25) is 14.4 Å². The van der Waals surface area contributed by atoms with Crippen LogP contribution in [-0.2, 0) is 9.59 Å². The van der Waals surface area contributed by atoms with Crippen LogP contribution in [0.2, 0.25) is 0 Å². The minimum absolute atomic E-state index is 0.325. The zero-order valence-electron chi connectivity index (χ0n) is 14.9. The van der Waals surface area contributed by atoms with Crippen molar-refractivity contribution in [1.82, 2.24) is 0 Å². The van der Waals surface area contributed by atoms with Crippen LogP contribution < -0.4 is 21.3 Å². The minimum atomic E-state index is -0.790. The van der Waals surface area contributed by atoms with Gasteiger partial charge in [-0.1, -0.05) is 0 Å². The van der Waals surface area contributed by atoms with Gasteiger partial charge in [-0.15, -0.1) is 0 Å². The Labute approximate surface area is 157 Å². The van der Waals surface area contributed by atoms with Crippen molar-refractivity contribution in [3.8, 4) is 0 Å². The first-order chi connectivity index (χ1) is 13.0. The molecule has 0 radical (unpaired) electrons. The predicted octanol–water partition coefficient (Wildman–Crippen LogP) is 2.35. The third-order valence-corrected chi connectivity index (χ3v) is 4.48. The van der Waals surface area contributed by atoms with Crippen molar-refractivity contribution in [2.24, 2.45) is 5.73 Å². The van der Waals surface area contributed by atoms with E-state index in [-0.39, 0.29) is 0 Å². The molecule has 0 atom stereocenters. The summed E-state index contributed by atoms with van der Waals surface area (Å²) in [6.07, 6.45) is 3.66. The third kappa shape index (κ3) is 4.84. The van der Waals surface area contributed by atoms with E-state index in [0.717, 1.165) is 18.8 Å². The van der Waals surface area contributed by atoms with Gasteiger partial charge in [0, 0.05) is 35.7 Å². The van der Waals surface area contributed by atoms with E-state index in [1.54, 1.807) is 12.1 Å². The van der Waals surface area contributed by atoms with Crippen LogP contribution in [0.25, 0.3) is 0 Å². The van der Waals surface area contributed by atoms with E-state index in [9.17, 15) is 14.4 Å². The van der Waals surface area contributed by atoms with Crippen molar-refractivity contribution >= 4 is 34.8 Å². The molecule has 1 fully saturated rings. The molecule has 0 bridgehead atoms. The Morgan fingerprint density at radius 2 is 1.22 bits per heavy atom. The number of hydrogen-bond donors (Lipinski definition) is 3. The van der Waals surface area contributed by atoms with Gasteiger partial charge in [0.1, 0.15) is 0 Å². The quantitative estimate of drug-likeness (QED) is 0.723. The molecule has 3 amide bonds. The number of benzene rings is 2. The summed E-state index contributed by atoms with van der Waals surface area (Å²) in [5.74, 6) is -2.11. The van der Waals surface area contributed by atoms with Crippen LogP contribution in [0.15, 0.2) is 48.5 Å². The monoisotopic (exact) mass is 366 g/mol. The van der Waals surface area contributed by atoms with Gasteiger partial charge in [0.15, 0.2) is 0 Å². The van der Waals surface area contributed by atoms with E-state index in [1.807, 2.05) is 12.1 Å². The van der Waals surface area contributed by atoms with E-state index in [1.165, 1.54) is 43.5 Å². The number of amides is 3. The van der Waals surface area contributed by atoms with Crippen molar-refractivity contribution < 1.29 is 14.4 Å². The molecule has 0 aliphatic carbocycles. The van der Waals surface area contributed by atoms with Gasteiger partial charge >= 0.3 is 11.8 Å². The second-order valence-corrected chi connectivity index (χ2v) is 6.44. The molecule has 1 heterocycles. The number of nitrogens with two attached hydrogens (primary N) is 1. The fraction of sp³-hybridized carbons (Fsp3) is 0.250. The maximum absolute atomic E-state index is 12.1. The highest BCUT2D eigenvalue weighted by Crippen LogP contribution is 2.21. The molecule has 7 heteroatoms. The van der Waals surface area contributed by atoms with Crippen molar-refractivity contribution in [2.45, 2.75) is 19.3 Å². The summed E-state index contributed by atoms with van der Waals surface area (Å²) in [6.45, 7) is 2.09. The second kappa shape index (κ2) is 8.35. The lowest BCUT2D eigenvalue weighted by Crippen LogP contribution is -2.30. The number of carbonyl (C=O) groups is 3. The number of nitrogens with one attached hydrogen (secondary N) is 2. The molecule has 1 saturated heterocycles. The van der Waals surface area contributed by atoms with Gasteiger partial charge in [0.2, 0.25) is 5.91 Å². The molecule has 3 rings (SSSR count). The highest BCUT2D eigenvalue weighted by Gasteiger charge is 2.15. The standard InChI is InChI=1S/C20H22N4O3/c21-18(25)14-4-6-15(7-5-14)22-19(26)20(27)23-16-8-10-17(11-9-16)24-12-2-1-3-13-24/h4-11H,1-3,12-13H2,(H2,21,25)(H,22,26)(H,23,27). The number of piperidine rings is 1. The number of rotatable bonds is 4. The summed E-state index contributed by atoms with van der Waals surface area (Å²) in [7, 11) is 0. The molecular formula is C20H22N4O3. The molecular weight excluding hydrogens is 344 g/mol. The van der Waals surface area contributed by atoms with Gasteiger partial charge in [-0.25, -0.2) is 0 Å². The van der Waals surface area contributed by atoms with Crippen molar-refractivity contribution in [2.75, 3.05) is 28.6 Å². The maximum atomic E-state index is 12.1. The summed E-state index contributed by atoms with van der Waals surface area (Å²) >= 11 is 0. The summed E-state index contributed by atoms with van der Waals surface area (Å²) in [6, 6.07) is 13.5. The van der Waals surface area contributed by atoms with Crippen LogP contribution in [0.3, 0.4) is 0 Å². The molecule has 0 saturated carbocycles. The Balaban J connectivity index is 1.56. The van der Waals surface area contributed by atoms with Crippen LogP contribution in [0.4, 0.5) is 17.1 Å². The minimum Gasteiger partial charge on any atom is -0.372 e. The van der Waals surface area contributed by atoms with E-state index >= 15 is 0 Å². The number of anilines is 3. The van der Waals surface area contributed by atoms with Gasteiger partial charge < -0.3 is 21.3 Å². The Kier molecular flexibility index (Phi) is 5.71. The zero-order chi connectivity index (χ0) is 19.2. The van der Waals surface area contributed by atoms with Crippen molar-refractivity contribution in [3.05, 3.63) is 54.1 Å². The van der Waals surface area contributed by atoms with Crippen LogP contribution in [0.1, 0.15) is 29.6 Å². The molecule has 0 unspecified atom stereocenters. The highest BCUT2D eigenvalue weighted by atomic mass is 16.2. The van der Waals surface area contributed by atoms with Crippen LogP contribution >= 0.6 is 0 Å². The molecule has 7 nitrogen and oxygen atoms in total. The Morgan fingerprint density at radius 3 is 1.70 bits per heavy atom. The Hall–Kier alpha value is -3.35. The lowest BCUT2D eigenvalue weighted by atomic mass is 10.1. The number of carbonyl (C=O) groups excluding carboxylic acids is 3. The fourth-order valence-electron chi connectivity index (χ4n) is 3.00. The van der Waals surface area contributed by atoms with Gasteiger partial charge in [-0.05, 0) is 67.8 Å². The fourth-order valence-corrected chi connectivity index (χ4v) is 3.00. The smallest absolute Gasteiger partial charge is 0.314 e. The van der Waals surface area contributed by atoms with E-state index in [0.29, 0.717) is 16.9 Å². The third-order valence-electron chi connectivity index (χ3n) is 4.48. The van der Waals surface area contributed by atoms with E-state index in [4.69, 9.17) is 5.73 Å². The summed E-state index contributed by atoms with van der Waals surface area (Å²) < 4.78 is 0. The highest BCUT2D eigenvalue weighted by molar-refractivity contribution is 6.43. The first kappa shape index (κ1) is 18.4. The molecule has 0 aromatic heterocycles. The average molecular weight is 366 g/mol. The normalized spacial score (nSPS) is 13.7. The Bertz CT molecular complexity index is 825. The first-order valence-corrected chi connectivity index (χ1v) is 8.90. The van der Waals surface area contributed by atoms with Crippen LogP contribution in [0, 0.1) is 0 Å².